The monoisotopic (exact) mass is 368 g/mol. The van der Waals surface area contributed by atoms with E-state index < -0.39 is 17.2 Å². The molecule has 142 valence electrons. The van der Waals surface area contributed by atoms with Gasteiger partial charge in [-0.05, 0) is 6.42 Å². The normalized spacial score (nSPS) is 13.2. The summed E-state index contributed by atoms with van der Waals surface area (Å²) in [5, 5.41) is 11.9. The molecule has 0 aliphatic carbocycles. The molecule has 26 heavy (non-hydrogen) atoms. The molecule has 2 aromatic rings. The van der Waals surface area contributed by atoms with E-state index in [2.05, 4.69) is 29.1 Å². The summed E-state index contributed by atoms with van der Waals surface area (Å²) in [5.74, 6) is -2.36. The molecule has 0 radical (unpaired) electrons. The minimum Gasteiger partial charge on any atom is -0.394 e. The molecule has 0 saturated heterocycles. The van der Waals surface area contributed by atoms with Crippen molar-refractivity contribution in [1.82, 2.24) is 9.55 Å². The van der Waals surface area contributed by atoms with Crippen molar-refractivity contribution in [2.75, 3.05) is 19.0 Å². The predicted molar refractivity (Wildman–Crippen MR) is 96.2 cm³/mol. The fourth-order valence-corrected chi connectivity index (χ4v) is 2.50. The van der Waals surface area contributed by atoms with Crippen LogP contribution >= 0.6 is 0 Å². The molecule has 2 aromatic heterocycles. The third-order valence-corrected chi connectivity index (χ3v) is 3.73. The zero-order valence-corrected chi connectivity index (χ0v) is 14.9. The van der Waals surface area contributed by atoms with Crippen LogP contribution in [-0.2, 0) is 11.3 Å². The van der Waals surface area contributed by atoms with Gasteiger partial charge in [-0.2, -0.15) is 9.37 Å². The van der Waals surface area contributed by atoms with Crippen LogP contribution in [0.1, 0.15) is 26.7 Å². The molecule has 0 aromatic carbocycles. The molecule has 9 heteroatoms. The van der Waals surface area contributed by atoms with Crippen LogP contribution in [0.4, 0.5) is 20.4 Å². The van der Waals surface area contributed by atoms with Crippen LogP contribution < -0.4 is 10.9 Å². The highest BCUT2D eigenvalue weighted by Crippen LogP contribution is 2.36. The Kier molecular flexibility index (Phi) is 6.76. The maximum absolute atomic E-state index is 14.2. The molecular weight excluding hydrogens is 346 g/mol. The number of aromatic nitrogens is 2. The second-order valence-corrected chi connectivity index (χ2v) is 5.77. The summed E-state index contributed by atoms with van der Waals surface area (Å²) in [4.78, 5) is 19.1. The number of hydrogen-bond acceptors (Lipinski definition) is 6. The minimum absolute atomic E-state index is 0.0574. The molecule has 3 heterocycles. The molecule has 7 nitrogen and oxygen atoms in total. The van der Waals surface area contributed by atoms with Crippen LogP contribution in [-0.4, -0.2) is 40.8 Å². The Balaban J connectivity index is 0.000000758. The molecule has 0 fully saturated rings. The highest BCUT2D eigenvalue weighted by Gasteiger charge is 2.22. The smallest absolute Gasteiger partial charge is 0.310 e. The van der Waals surface area contributed by atoms with Crippen molar-refractivity contribution in [3.63, 3.8) is 0 Å². The molecule has 3 rings (SSSR count). The molecule has 0 amide bonds. The lowest BCUT2D eigenvalue weighted by Gasteiger charge is -2.14. The maximum Gasteiger partial charge on any atom is 0.310 e. The summed E-state index contributed by atoms with van der Waals surface area (Å²) in [6.45, 7) is 4.47. The number of aliphatic imine (C=N–C) groups is 1. The number of halogens is 2. The number of methoxy groups -OCH3 is 1. The third-order valence-electron chi connectivity index (χ3n) is 3.73. The van der Waals surface area contributed by atoms with Crippen molar-refractivity contribution in [2.45, 2.75) is 39.3 Å². The number of ether oxygens (including phenoxy) is 1. The Labute approximate surface area is 149 Å². The largest absolute Gasteiger partial charge is 0.394 e. The van der Waals surface area contributed by atoms with Gasteiger partial charge in [0.25, 0.3) is 0 Å². The molecule has 1 atom stereocenters. The van der Waals surface area contributed by atoms with E-state index in [1.165, 1.54) is 26.1 Å². The van der Waals surface area contributed by atoms with E-state index in [1.807, 2.05) is 0 Å². The van der Waals surface area contributed by atoms with E-state index in [0.717, 1.165) is 0 Å². The first kappa shape index (κ1) is 19.9. The van der Waals surface area contributed by atoms with Crippen LogP contribution in [0.2, 0.25) is 0 Å². The molecular formula is C17H22F2N4O3. The number of rotatable bonds is 5. The summed E-state index contributed by atoms with van der Waals surface area (Å²) < 4.78 is 34.6. The van der Waals surface area contributed by atoms with Gasteiger partial charge in [-0.15, -0.1) is 0 Å². The van der Waals surface area contributed by atoms with Gasteiger partial charge in [-0.3, -0.25) is 4.79 Å². The van der Waals surface area contributed by atoms with Gasteiger partial charge in [-0.1, -0.05) is 20.3 Å². The Morgan fingerprint density at radius 1 is 1.35 bits per heavy atom. The van der Waals surface area contributed by atoms with Crippen LogP contribution in [0.3, 0.4) is 0 Å². The first-order valence-corrected chi connectivity index (χ1v) is 8.33. The zero-order valence-electron chi connectivity index (χ0n) is 14.9. The Morgan fingerprint density at radius 2 is 2.04 bits per heavy atom. The SMILES string of the molecule is CCC.COC(CO)CCn1cc2c(F)c(F)c(=O)nc3c2c1N=CN3. The fourth-order valence-electron chi connectivity index (χ4n) is 2.50. The number of anilines is 1. The van der Waals surface area contributed by atoms with Crippen molar-refractivity contribution in [2.24, 2.45) is 4.99 Å². The van der Waals surface area contributed by atoms with Crippen molar-refractivity contribution in [3.8, 4) is 0 Å². The lowest BCUT2D eigenvalue weighted by molar-refractivity contribution is 0.0405. The number of nitrogens with zero attached hydrogens (tertiary/aromatic N) is 3. The summed E-state index contributed by atoms with van der Waals surface area (Å²) >= 11 is 0. The number of aryl methyl sites for hydroxylation is 1. The van der Waals surface area contributed by atoms with Gasteiger partial charge in [0, 0.05) is 25.2 Å². The first-order chi connectivity index (χ1) is 12.5. The van der Waals surface area contributed by atoms with Gasteiger partial charge < -0.3 is 19.7 Å². The topological polar surface area (TPSA) is 88.7 Å². The summed E-state index contributed by atoms with van der Waals surface area (Å²) in [7, 11) is 1.48. The van der Waals surface area contributed by atoms with Crippen molar-refractivity contribution in [1.29, 1.82) is 0 Å². The Morgan fingerprint density at radius 3 is 2.65 bits per heavy atom. The standard InChI is InChI=1S/C14H14F2N4O3.C3H8/c1-23-7(5-21)2-3-20-4-8-9-12(17-6-18-13(9)20)19-14(22)11(16)10(8)15;1-3-2/h4,6-7,21H,2-3,5H2,1H3,(H,17,18,19,22);3H2,1-2H3. The highest BCUT2D eigenvalue weighted by atomic mass is 19.2. The van der Waals surface area contributed by atoms with Gasteiger partial charge >= 0.3 is 5.56 Å². The van der Waals surface area contributed by atoms with E-state index in [-0.39, 0.29) is 29.3 Å². The van der Waals surface area contributed by atoms with Gasteiger partial charge in [-0.25, -0.2) is 9.38 Å². The number of nitrogens with one attached hydrogen (secondary N) is 1. The quantitative estimate of drug-likeness (QED) is 0.847. The molecule has 0 spiro atoms. The van der Waals surface area contributed by atoms with E-state index in [0.29, 0.717) is 18.8 Å². The Bertz CT molecular complexity index is 863. The van der Waals surface area contributed by atoms with Crippen molar-refractivity contribution >= 4 is 28.7 Å². The van der Waals surface area contributed by atoms with Gasteiger partial charge in [0.2, 0.25) is 5.82 Å². The summed E-state index contributed by atoms with van der Waals surface area (Å²) in [6, 6.07) is 0. The molecule has 0 saturated carbocycles. The third kappa shape index (κ3) is 3.88. The van der Waals surface area contributed by atoms with Crippen LogP contribution in [0.15, 0.2) is 16.0 Å². The number of aliphatic hydroxyl groups is 1. The highest BCUT2D eigenvalue weighted by molar-refractivity contribution is 6.06. The lowest BCUT2D eigenvalue weighted by Crippen LogP contribution is -2.18. The van der Waals surface area contributed by atoms with E-state index >= 15 is 0 Å². The first-order valence-electron chi connectivity index (χ1n) is 8.33. The number of hydrogen-bond donors (Lipinski definition) is 2. The average molecular weight is 368 g/mol. The van der Waals surface area contributed by atoms with E-state index in [9.17, 15) is 13.6 Å². The van der Waals surface area contributed by atoms with E-state index in [1.54, 1.807) is 4.57 Å². The van der Waals surface area contributed by atoms with Crippen LogP contribution in [0, 0.1) is 11.6 Å². The average Bonchev–Trinajstić information content (AvgIpc) is 2.98. The molecule has 1 aliphatic heterocycles. The second kappa shape index (κ2) is 8.81. The molecule has 1 aliphatic rings. The summed E-state index contributed by atoms with van der Waals surface area (Å²) in [6.07, 6.45) is 4.01. The molecule has 1 unspecified atom stereocenters. The van der Waals surface area contributed by atoms with Crippen LogP contribution in [0.25, 0.3) is 10.8 Å². The lowest BCUT2D eigenvalue weighted by atomic mass is 10.2. The predicted octanol–water partition coefficient (Wildman–Crippen LogP) is 2.57. The summed E-state index contributed by atoms with van der Waals surface area (Å²) in [5.41, 5.74) is -1.27. The van der Waals surface area contributed by atoms with E-state index in [4.69, 9.17) is 9.84 Å². The Hall–Kier alpha value is -2.39. The van der Waals surface area contributed by atoms with Crippen molar-refractivity contribution in [3.05, 3.63) is 28.2 Å². The van der Waals surface area contributed by atoms with Gasteiger partial charge in [0.05, 0.1) is 24.4 Å². The van der Waals surface area contributed by atoms with Gasteiger partial charge in [0.15, 0.2) is 5.82 Å². The number of aliphatic hydroxyl groups excluding tert-OH is 1. The zero-order chi connectivity index (χ0) is 19.3. The van der Waals surface area contributed by atoms with Crippen LogP contribution in [0.5, 0.6) is 0 Å². The second-order valence-electron chi connectivity index (χ2n) is 5.77. The van der Waals surface area contributed by atoms with Crippen molar-refractivity contribution < 1.29 is 18.6 Å². The fraction of sp³-hybridized carbons (Fsp3) is 0.471. The maximum atomic E-state index is 14.2. The molecule has 0 bridgehead atoms. The molecule has 2 N–H and O–H groups in total. The van der Waals surface area contributed by atoms with Gasteiger partial charge in [0.1, 0.15) is 11.6 Å². The minimum atomic E-state index is -1.53.